The van der Waals surface area contributed by atoms with Gasteiger partial charge in [-0.05, 0) is 49.1 Å². The van der Waals surface area contributed by atoms with Crippen molar-refractivity contribution in [3.05, 3.63) is 41.2 Å². The SMILES string of the molecule is COC(=C1CC1)c1cc(C)cc2c1OCC/C=C\O2. The van der Waals surface area contributed by atoms with Crippen LogP contribution in [0, 0.1) is 6.92 Å². The minimum atomic E-state index is 0.662. The highest BCUT2D eigenvalue weighted by Gasteiger charge is 2.25. The molecule has 19 heavy (non-hydrogen) atoms. The Hall–Kier alpha value is -1.90. The van der Waals surface area contributed by atoms with Gasteiger partial charge in [-0.3, -0.25) is 0 Å². The number of ether oxygens (including phenoxy) is 3. The van der Waals surface area contributed by atoms with Gasteiger partial charge in [0, 0.05) is 6.42 Å². The van der Waals surface area contributed by atoms with Crippen molar-refractivity contribution >= 4 is 5.76 Å². The van der Waals surface area contributed by atoms with E-state index in [1.807, 2.05) is 12.1 Å². The van der Waals surface area contributed by atoms with Gasteiger partial charge in [-0.1, -0.05) is 0 Å². The first-order valence-corrected chi connectivity index (χ1v) is 6.65. The van der Waals surface area contributed by atoms with Crippen molar-refractivity contribution in [3.63, 3.8) is 0 Å². The van der Waals surface area contributed by atoms with E-state index in [0.29, 0.717) is 6.61 Å². The maximum atomic E-state index is 5.88. The van der Waals surface area contributed by atoms with Crippen molar-refractivity contribution in [3.8, 4) is 11.5 Å². The first kappa shape index (κ1) is 12.2. The number of aryl methyl sites for hydroxylation is 1. The van der Waals surface area contributed by atoms with E-state index >= 15 is 0 Å². The molecule has 2 aliphatic rings. The fourth-order valence-corrected chi connectivity index (χ4v) is 2.30. The maximum Gasteiger partial charge on any atom is 0.172 e. The molecule has 100 valence electrons. The zero-order valence-corrected chi connectivity index (χ0v) is 11.4. The van der Waals surface area contributed by atoms with Gasteiger partial charge in [-0.2, -0.15) is 0 Å². The predicted octanol–water partition coefficient (Wildman–Crippen LogP) is 3.82. The largest absolute Gasteiger partial charge is 0.496 e. The minimum Gasteiger partial charge on any atom is -0.496 e. The zero-order chi connectivity index (χ0) is 13.2. The summed E-state index contributed by atoms with van der Waals surface area (Å²) in [7, 11) is 1.72. The Balaban J connectivity index is 2.13. The van der Waals surface area contributed by atoms with Crippen LogP contribution in [0.15, 0.2) is 30.0 Å². The Kier molecular flexibility index (Phi) is 3.20. The molecule has 3 rings (SSSR count). The molecular weight excluding hydrogens is 240 g/mol. The zero-order valence-electron chi connectivity index (χ0n) is 11.4. The summed E-state index contributed by atoms with van der Waals surface area (Å²) in [5.41, 5.74) is 3.51. The van der Waals surface area contributed by atoms with E-state index < -0.39 is 0 Å². The van der Waals surface area contributed by atoms with E-state index in [0.717, 1.165) is 47.6 Å². The number of allylic oxidation sites excluding steroid dienone is 1. The second kappa shape index (κ2) is 5.00. The van der Waals surface area contributed by atoms with E-state index in [-0.39, 0.29) is 0 Å². The number of methoxy groups -OCH3 is 1. The van der Waals surface area contributed by atoms with E-state index in [2.05, 4.69) is 13.0 Å². The number of fused-ring (bicyclic) bond motifs is 1. The Labute approximate surface area is 113 Å². The van der Waals surface area contributed by atoms with E-state index in [1.54, 1.807) is 13.4 Å². The molecule has 0 spiro atoms. The molecule has 1 aromatic rings. The molecule has 1 heterocycles. The number of benzene rings is 1. The van der Waals surface area contributed by atoms with Crippen LogP contribution in [0.4, 0.5) is 0 Å². The Morgan fingerprint density at radius 3 is 2.84 bits per heavy atom. The lowest BCUT2D eigenvalue weighted by Gasteiger charge is -2.18. The van der Waals surface area contributed by atoms with Crippen molar-refractivity contribution in [2.75, 3.05) is 13.7 Å². The molecule has 1 aliphatic heterocycles. The summed E-state index contributed by atoms with van der Waals surface area (Å²) in [5, 5.41) is 0. The number of rotatable bonds is 2. The quantitative estimate of drug-likeness (QED) is 0.755. The van der Waals surface area contributed by atoms with Crippen molar-refractivity contribution in [1.29, 1.82) is 0 Å². The summed E-state index contributed by atoms with van der Waals surface area (Å²) in [4.78, 5) is 0. The third kappa shape index (κ3) is 2.46. The normalized spacial score (nSPS) is 18.3. The molecule has 0 N–H and O–H groups in total. The molecule has 0 amide bonds. The molecule has 1 saturated carbocycles. The van der Waals surface area contributed by atoms with Gasteiger partial charge in [0.1, 0.15) is 5.76 Å². The molecule has 0 bridgehead atoms. The van der Waals surface area contributed by atoms with Crippen molar-refractivity contribution in [2.24, 2.45) is 0 Å². The van der Waals surface area contributed by atoms with Crippen LogP contribution >= 0.6 is 0 Å². The van der Waals surface area contributed by atoms with Gasteiger partial charge in [0.25, 0.3) is 0 Å². The van der Waals surface area contributed by atoms with Crippen LogP contribution in [0.5, 0.6) is 11.5 Å². The molecular formula is C16H18O3. The highest BCUT2D eigenvalue weighted by Crippen LogP contribution is 2.44. The van der Waals surface area contributed by atoms with Crippen LogP contribution in [0.3, 0.4) is 0 Å². The van der Waals surface area contributed by atoms with Crippen molar-refractivity contribution in [2.45, 2.75) is 26.2 Å². The van der Waals surface area contributed by atoms with Crippen LogP contribution in [-0.2, 0) is 4.74 Å². The third-order valence-corrected chi connectivity index (χ3v) is 3.29. The van der Waals surface area contributed by atoms with Gasteiger partial charge in [0.2, 0.25) is 0 Å². The molecule has 1 aliphatic carbocycles. The molecule has 0 saturated heterocycles. The van der Waals surface area contributed by atoms with Crippen molar-refractivity contribution in [1.82, 2.24) is 0 Å². The molecule has 3 nitrogen and oxygen atoms in total. The summed E-state index contributed by atoms with van der Waals surface area (Å²) in [6.45, 7) is 2.72. The second-order valence-electron chi connectivity index (χ2n) is 4.90. The lowest BCUT2D eigenvalue weighted by atomic mass is 10.1. The average Bonchev–Trinajstić information content (AvgIpc) is 3.17. The molecule has 1 aromatic carbocycles. The van der Waals surface area contributed by atoms with Gasteiger partial charge in [0.05, 0.1) is 25.5 Å². The third-order valence-electron chi connectivity index (χ3n) is 3.29. The van der Waals surface area contributed by atoms with Crippen LogP contribution in [0.25, 0.3) is 5.76 Å². The topological polar surface area (TPSA) is 27.7 Å². The number of hydrogen-bond acceptors (Lipinski definition) is 3. The highest BCUT2D eigenvalue weighted by molar-refractivity contribution is 5.74. The summed E-state index contributed by atoms with van der Waals surface area (Å²) in [6, 6.07) is 4.11. The molecule has 0 aromatic heterocycles. The van der Waals surface area contributed by atoms with Crippen LogP contribution in [-0.4, -0.2) is 13.7 Å². The monoisotopic (exact) mass is 258 g/mol. The summed E-state index contributed by atoms with van der Waals surface area (Å²) in [6.07, 6.45) is 6.80. The first-order chi connectivity index (χ1) is 9.29. The van der Waals surface area contributed by atoms with Gasteiger partial charge >= 0.3 is 0 Å². The summed E-state index contributed by atoms with van der Waals surface area (Å²) >= 11 is 0. The lowest BCUT2D eigenvalue weighted by molar-refractivity contribution is 0.293. The summed E-state index contributed by atoms with van der Waals surface area (Å²) in [5.74, 6) is 2.51. The van der Waals surface area contributed by atoms with E-state index in [1.165, 1.54) is 5.57 Å². The Bertz CT molecular complexity index is 549. The van der Waals surface area contributed by atoms with Crippen LogP contribution in [0.1, 0.15) is 30.4 Å². The maximum absolute atomic E-state index is 5.88. The molecule has 0 unspecified atom stereocenters. The standard InChI is InChI=1S/C16H18O3/c1-11-9-13(15(17-2)12-5-6-12)16-14(10-11)18-7-3-4-8-19-16/h3,7,9-10H,4-6,8H2,1-2H3/b7-3-. The Morgan fingerprint density at radius 1 is 1.26 bits per heavy atom. The van der Waals surface area contributed by atoms with Gasteiger partial charge < -0.3 is 14.2 Å². The molecule has 0 atom stereocenters. The van der Waals surface area contributed by atoms with Gasteiger partial charge in [0.15, 0.2) is 11.5 Å². The fraction of sp³-hybridized carbons (Fsp3) is 0.375. The fourth-order valence-electron chi connectivity index (χ4n) is 2.30. The minimum absolute atomic E-state index is 0.662. The summed E-state index contributed by atoms with van der Waals surface area (Å²) < 4.78 is 17.1. The molecule has 1 fully saturated rings. The van der Waals surface area contributed by atoms with E-state index in [9.17, 15) is 0 Å². The van der Waals surface area contributed by atoms with Crippen LogP contribution in [0.2, 0.25) is 0 Å². The highest BCUT2D eigenvalue weighted by atomic mass is 16.5. The average molecular weight is 258 g/mol. The van der Waals surface area contributed by atoms with Gasteiger partial charge in [-0.15, -0.1) is 0 Å². The molecule has 0 radical (unpaired) electrons. The smallest absolute Gasteiger partial charge is 0.172 e. The Morgan fingerprint density at radius 2 is 2.11 bits per heavy atom. The van der Waals surface area contributed by atoms with Crippen molar-refractivity contribution < 1.29 is 14.2 Å². The molecule has 3 heteroatoms. The number of hydrogen-bond donors (Lipinski definition) is 0. The first-order valence-electron chi connectivity index (χ1n) is 6.65. The second-order valence-corrected chi connectivity index (χ2v) is 4.90. The van der Waals surface area contributed by atoms with E-state index in [4.69, 9.17) is 14.2 Å². The predicted molar refractivity (Wildman–Crippen MR) is 74.2 cm³/mol. The van der Waals surface area contributed by atoms with Crippen LogP contribution < -0.4 is 9.47 Å². The lowest BCUT2D eigenvalue weighted by Crippen LogP contribution is -2.05. The van der Waals surface area contributed by atoms with Gasteiger partial charge in [-0.25, -0.2) is 0 Å².